The number of hydrogen-bond acceptors (Lipinski definition) is 8. The van der Waals surface area contributed by atoms with E-state index in [9.17, 15) is 9.59 Å². The van der Waals surface area contributed by atoms with E-state index in [1.54, 1.807) is 26.2 Å². The molecule has 1 unspecified atom stereocenters. The number of esters is 1. The Labute approximate surface area is 191 Å². The SMILES string of the molecule is COc1ccc(C(NC(=O)COC(=O)CO/N=C(\C)c2ccc3c(c2)OCO3)C2CC2)cc1. The second-order valence-corrected chi connectivity index (χ2v) is 7.83. The van der Waals surface area contributed by atoms with Crippen molar-refractivity contribution in [2.24, 2.45) is 11.1 Å². The fraction of sp³-hybridized carbons (Fsp3) is 0.375. The van der Waals surface area contributed by atoms with Crippen LogP contribution in [0.4, 0.5) is 0 Å². The molecule has 2 aromatic rings. The number of carbonyl (C=O) groups excluding carboxylic acids is 2. The maximum atomic E-state index is 12.3. The lowest BCUT2D eigenvalue weighted by atomic mass is 10.0. The molecule has 9 heteroatoms. The molecule has 174 valence electrons. The Balaban J connectivity index is 1.22. The first-order valence-electron chi connectivity index (χ1n) is 10.7. The van der Waals surface area contributed by atoms with Crippen molar-refractivity contribution < 1.29 is 33.4 Å². The van der Waals surface area contributed by atoms with Crippen molar-refractivity contribution in [3.8, 4) is 17.2 Å². The second-order valence-electron chi connectivity index (χ2n) is 7.83. The Morgan fingerprint density at radius 3 is 2.58 bits per heavy atom. The molecule has 2 aromatic carbocycles. The number of benzene rings is 2. The zero-order valence-corrected chi connectivity index (χ0v) is 18.5. The van der Waals surface area contributed by atoms with Gasteiger partial charge >= 0.3 is 5.97 Å². The number of nitrogens with one attached hydrogen (secondary N) is 1. The fourth-order valence-corrected chi connectivity index (χ4v) is 3.47. The molecule has 0 aromatic heterocycles. The number of methoxy groups -OCH3 is 1. The van der Waals surface area contributed by atoms with Crippen LogP contribution in [0.3, 0.4) is 0 Å². The first kappa shape index (κ1) is 22.4. The smallest absolute Gasteiger partial charge is 0.347 e. The van der Waals surface area contributed by atoms with E-state index in [-0.39, 0.29) is 25.3 Å². The van der Waals surface area contributed by atoms with Gasteiger partial charge < -0.3 is 29.1 Å². The van der Waals surface area contributed by atoms with Crippen molar-refractivity contribution in [2.75, 3.05) is 27.1 Å². The van der Waals surface area contributed by atoms with E-state index in [2.05, 4.69) is 10.5 Å². The molecule has 1 atom stereocenters. The maximum absolute atomic E-state index is 12.3. The summed E-state index contributed by atoms with van der Waals surface area (Å²) in [6, 6.07) is 12.9. The van der Waals surface area contributed by atoms with Crippen LogP contribution in [0.25, 0.3) is 0 Å². The lowest BCUT2D eigenvalue weighted by molar-refractivity contribution is -0.153. The molecule has 0 bridgehead atoms. The third-order valence-corrected chi connectivity index (χ3v) is 5.42. The number of fused-ring (bicyclic) bond motifs is 1. The van der Waals surface area contributed by atoms with Gasteiger partial charge in [-0.25, -0.2) is 4.79 Å². The van der Waals surface area contributed by atoms with Crippen LogP contribution in [0, 0.1) is 5.92 Å². The van der Waals surface area contributed by atoms with Gasteiger partial charge in [0.2, 0.25) is 13.4 Å². The number of carbonyl (C=O) groups is 2. The normalized spacial score (nSPS) is 15.5. The molecule has 33 heavy (non-hydrogen) atoms. The number of hydrogen-bond donors (Lipinski definition) is 1. The summed E-state index contributed by atoms with van der Waals surface area (Å²) in [6.07, 6.45) is 2.09. The standard InChI is InChI=1S/C24H26N2O7/c1-15(18-7-10-20-21(11-18)32-14-31-20)26-33-13-23(28)30-12-22(27)25-24(16-3-4-16)17-5-8-19(29-2)9-6-17/h5-11,16,24H,3-4,12-14H2,1-2H3,(H,25,27)/b26-15+. The molecular formula is C24H26N2O7. The Morgan fingerprint density at radius 1 is 1.09 bits per heavy atom. The molecular weight excluding hydrogens is 428 g/mol. The lowest BCUT2D eigenvalue weighted by Gasteiger charge is -2.19. The quantitative estimate of drug-likeness (QED) is 0.334. The number of oxime groups is 1. The van der Waals surface area contributed by atoms with Crippen molar-refractivity contribution in [1.29, 1.82) is 0 Å². The van der Waals surface area contributed by atoms with Crippen LogP contribution in [0.15, 0.2) is 47.6 Å². The Kier molecular flexibility index (Phi) is 6.97. The predicted molar refractivity (Wildman–Crippen MR) is 118 cm³/mol. The number of rotatable bonds is 10. The van der Waals surface area contributed by atoms with Gasteiger partial charge in [-0.05, 0) is 61.6 Å². The summed E-state index contributed by atoms with van der Waals surface area (Å²) >= 11 is 0. The number of amides is 1. The van der Waals surface area contributed by atoms with Gasteiger partial charge in [-0.1, -0.05) is 17.3 Å². The van der Waals surface area contributed by atoms with Crippen molar-refractivity contribution in [3.63, 3.8) is 0 Å². The zero-order valence-electron chi connectivity index (χ0n) is 18.5. The van der Waals surface area contributed by atoms with Crippen molar-refractivity contribution >= 4 is 17.6 Å². The summed E-state index contributed by atoms with van der Waals surface area (Å²) in [5.74, 6) is 1.40. The van der Waals surface area contributed by atoms with E-state index in [0.29, 0.717) is 23.1 Å². The number of ether oxygens (including phenoxy) is 4. The third kappa shape index (κ3) is 5.94. The minimum absolute atomic E-state index is 0.118. The molecule has 1 aliphatic carbocycles. The van der Waals surface area contributed by atoms with Crippen LogP contribution >= 0.6 is 0 Å². The van der Waals surface area contributed by atoms with E-state index >= 15 is 0 Å². The van der Waals surface area contributed by atoms with Crippen molar-refractivity contribution in [1.82, 2.24) is 5.32 Å². The molecule has 0 spiro atoms. The molecule has 1 saturated carbocycles. The molecule has 1 amide bonds. The van der Waals surface area contributed by atoms with Gasteiger partial charge in [0, 0.05) is 5.56 Å². The first-order valence-corrected chi connectivity index (χ1v) is 10.7. The molecule has 1 heterocycles. The molecule has 9 nitrogen and oxygen atoms in total. The summed E-state index contributed by atoms with van der Waals surface area (Å²) in [5, 5.41) is 6.89. The van der Waals surface area contributed by atoms with Crippen LogP contribution in [-0.4, -0.2) is 44.7 Å². The predicted octanol–water partition coefficient (Wildman–Crippen LogP) is 2.98. The highest BCUT2D eigenvalue weighted by molar-refractivity contribution is 5.99. The lowest BCUT2D eigenvalue weighted by Crippen LogP contribution is -2.33. The highest BCUT2D eigenvalue weighted by atomic mass is 16.7. The van der Waals surface area contributed by atoms with E-state index < -0.39 is 12.6 Å². The van der Waals surface area contributed by atoms with Gasteiger partial charge in [0.05, 0.1) is 18.9 Å². The summed E-state index contributed by atoms with van der Waals surface area (Å²) in [7, 11) is 1.61. The molecule has 0 radical (unpaired) electrons. The van der Waals surface area contributed by atoms with Crippen LogP contribution in [0.5, 0.6) is 17.2 Å². The Hall–Kier alpha value is -3.75. The van der Waals surface area contributed by atoms with Crippen LogP contribution in [0.1, 0.15) is 36.9 Å². The molecule has 1 N–H and O–H groups in total. The van der Waals surface area contributed by atoms with Gasteiger partial charge in [0.25, 0.3) is 5.91 Å². The van der Waals surface area contributed by atoms with E-state index in [4.69, 9.17) is 23.8 Å². The van der Waals surface area contributed by atoms with Crippen LogP contribution < -0.4 is 19.5 Å². The van der Waals surface area contributed by atoms with E-state index in [1.165, 1.54) is 0 Å². The summed E-state index contributed by atoms with van der Waals surface area (Å²) in [6.45, 7) is 1.14. The van der Waals surface area contributed by atoms with Crippen LogP contribution in [0.2, 0.25) is 0 Å². The topological polar surface area (TPSA) is 105 Å². The zero-order chi connectivity index (χ0) is 23.2. The minimum Gasteiger partial charge on any atom is -0.497 e. The van der Waals surface area contributed by atoms with E-state index in [0.717, 1.165) is 29.7 Å². The minimum atomic E-state index is -0.681. The molecule has 0 saturated heterocycles. The highest BCUT2D eigenvalue weighted by Gasteiger charge is 2.33. The average Bonchev–Trinajstić information content (AvgIpc) is 3.57. The van der Waals surface area contributed by atoms with E-state index in [1.807, 2.05) is 30.3 Å². The van der Waals surface area contributed by atoms with Gasteiger partial charge in [-0.2, -0.15) is 0 Å². The molecule has 2 aliphatic rings. The number of nitrogens with zero attached hydrogens (tertiary/aromatic N) is 1. The van der Waals surface area contributed by atoms with Crippen LogP contribution in [-0.2, 0) is 19.2 Å². The average molecular weight is 454 g/mol. The molecule has 4 rings (SSSR count). The summed E-state index contributed by atoms with van der Waals surface area (Å²) < 4.78 is 20.8. The van der Waals surface area contributed by atoms with Crippen molar-refractivity contribution in [2.45, 2.75) is 25.8 Å². The molecule has 1 aliphatic heterocycles. The van der Waals surface area contributed by atoms with Gasteiger partial charge in [-0.15, -0.1) is 0 Å². The highest BCUT2D eigenvalue weighted by Crippen LogP contribution is 2.41. The maximum Gasteiger partial charge on any atom is 0.347 e. The van der Waals surface area contributed by atoms with Gasteiger partial charge in [-0.3, -0.25) is 4.79 Å². The van der Waals surface area contributed by atoms with Gasteiger partial charge in [0.15, 0.2) is 18.1 Å². The Bertz CT molecular complexity index is 1030. The summed E-state index contributed by atoms with van der Waals surface area (Å²) in [5.41, 5.74) is 2.33. The summed E-state index contributed by atoms with van der Waals surface area (Å²) in [4.78, 5) is 29.4. The largest absolute Gasteiger partial charge is 0.497 e. The fourth-order valence-electron chi connectivity index (χ4n) is 3.47. The van der Waals surface area contributed by atoms with Gasteiger partial charge in [0.1, 0.15) is 5.75 Å². The molecule has 1 fully saturated rings. The Morgan fingerprint density at radius 2 is 1.85 bits per heavy atom. The monoisotopic (exact) mass is 454 g/mol. The first-order chi connectivity index (χ1) is 16.0. The third-order valence-electron chi connectivity index (χ3n) is 5.42. The van der Waals surface area contributed by atoms with Crippen molar-refractivity contribution in [3.05, 3.63) is 53.6 Å². The second kappa shape index (κ2) is 10.2.